The molecule has 0 spiro atoms. The number of benzene rings is 1. The minimum Gasteiger partial charge on any atom is -0.465 e. The zero-order chi connectivity index (χ0) is 15.2. The fraction of sp³-hybridized carbons (Fsp3) is 0.400. The molecule has 0 aliphatic carbocycles. The highest BCUT2D eigenvalue weighted by Crippen LogP contribution is 2.24. The van der Waals surface area contributed by atoms with Crippen LogP contribution < -0.4 is 0 Å². The third-order valence-electron chi connectivity index (χ3n) is 2.88. The first-order chi connectivity index (χ1) is 10.2. The van der Waals surface area contributed by atoms with Gasteiger partial charge in [-0.15, -0.1) is 11.8 Å². The first kappa shape index (κ1) is 15.6. The second-order valence-corrected chi connectivity index (χ2v) is 5.72. The van der Waals surface area contributed by atoms with Gasteiger partial charge in [0.2, 0.25) is 11.7 Å². The summed E-state index contributed by atoms with van der Waals surface area (Å²) in [4.78, 5) is 17.1. The lowest BCUT2D eigenvalue weighted by Gasteiger charge is -2.04. The van der Waals surface area contributed by atoms with Crippen LogP contribution in [0.2, 0.25) is 0 Å². The van der Waals surface area contributed by atoms with E-state index >= 15 is 0 Å². The van der Waals surface area contributed by atoms with Crippen LogP contribution in [0, 0.1) is 0 Å². The van der Waals surface area contributed by atoms with Crippen molar-refractivity contribution in [2.45, 2.75) is 31.6 Å². The number of thioether (sulfide) groups is 1. The molecule has 0 bridgehead atoms. The monoisotopic (exact) mass is 306 g/mol. The van der Waals surface area contributed by atoms with Crippen molar-refractivity contribution < 1.29 is 14.1 Å². The number of aromatic nitrogens is 2. The number of nitrogens with zero attached hydrogens (tertiary/aromatic N) is 2. The summed E-state index contributed by atoms with van der Waals surface area (Å²) in [5, 5.41) is 3.92. The van der Waals surface area contributed by atoms with Gasteiger partial charge in [-0.1, -0.05) is 12.1 Å². The number of carbonyl (C=O) groups is 1. The summed E-state index contributed by atoms with van der Waals surface area (Å²) in [5.41, 5.74) is 0.863. The van der Waals surface area contributed by atoms with Gasteiger partial charge in [-0.25, -0.2) is 0 Å². The van der Waals surface area contributed by atoms with Crippen molar-refractivity contribution >= 4 is 17.7 Å². The number of hydrogen-bond acceptors (Lipinski definition) is 6. The van der Waals surface area contributed by atoms with Crippen molar-refractivity contribution in [2.24, 2.45) is 0 Å². The predicted octanol–water partition coefficient (Wildman–Crippen LogP) is 3.52. The Morgan fingerprint density at radius 3 is 2.67 bits per heavy atom. The highest BCUT2D eigenvalue weighted by Gasteiger charge is 2.23. The van der Waals surface area contributed by atoms with E-state index in [-0.39, 0.29) is 11.9 Å². The molecule has 0 radical (unpaired) electrons. The molecule has 0 aliphatic rings. The van der Waals surface area contributed by atoms with E-state index in [2.05, 4.69) is 17.1 Å². The topological polar surface area (TPSA) is 65.2 Å². The number of carbonyl (C=O) groups excluding carboxylic acids is 1. The van der Waals surface area contributed by atoms with E-state index in [1.807, 2.05) is 24.3 Å². The van der Waals surface area contributed by atoms with E-state index in [1.165, 1.54) is 4.90 Å². The maximum Gasteiger partial charge on any atom is 0.318 e. The van der Waals surface area contributed by atoms with Crippen LogP contribution in [0.3, 0.4) is 0 Å². The second kappa shape index (κ2) is 7.26. The third-order valence-corrected chi connectivity index (χ3v) is 3.77. The fourth-order valence-corrected chi connectivity index (χ4v) is 2.43. The maximum absolute atomic E-state index is 11.7. The summed E-state index contributed by atoms with van der Waals surface area (Å²) in [6.45, 7) is 5.90. The SMILES string of the molecule is CCOC(=O)C(C)c1nc(-c2ccc(SCC)cc2)no1. The Morgan fingerprint density at radius 2 is 2.05 bits per heavy atom. The van der Waals surface area contributed by atoms with Crippen molar-refractivity contribution in [3.05, 3.63) is 30.2 Å². The van der Waals surface area contributed by atoms with Crippen LogP contribution in [0.1, 0.15) is 32.6 Å². The molecule has 1 aromatic carbocycles. The van der Waals surface area contributed by atoms with Crippen molar-refractivity contribution in [3.8, 4) is 11.4 Å². The normalized spacial score (nSPS) is 12.1. The smallest absolute Gasteiger partial charge is 0.318 e. The molecular formula is C15H18N2O3S. The molecule has 0 N–H and O–H groups in total. The Hall–Kier alpha value is -1.82. The molecule has 21 heavy (non-hydrogen) atoms. The first-order valence-electron chi connectivity index (χ1n) is 6.89. The van der Waals surface area contributed by atoms with E-state index in [0.717, 1.165) is 11.3 Å². The Morgan fingerprint density at radius 1 is 1.33 bits per heavy atom. The number of esters is 1. The molecule has 6 heteroatoms. The van der Waals surface area contributed by atoms with Gasteiger partial charge < -0.3 is 9.26 Å². The van der Waals surface area contributed by atoms with E-state index in [4.69, 9.17) is 9.26 Å². The molecule has 1 atom stereocenters. The van der Waals surface area contributed by atoms with Gasteiger partial charge in [0.05, 0.1) is 6.61 Å². The minimum atomic E-state index is -0.555. The quantitative estimate of drug-likeness (QED) is 0.601. The largest absolute Gasteiger partial charge is 0.465 e. The second-order valence-electron chi connectivity index (χ2n) is 4.39. The van der Waals surface area contributed by atoms with Crippen molar-refractivity contribution in [3.63, 3.8) is 0 Å². The molecule has 0 aliphatic heterocycles. The van der Waals surface area contributed by atoms with Gasteiger partial charge in [0.25, 0.3) is 0 Å². The van der Waals surface area contributed by atoms with Crippen LogP contribution >= 0.6 is 11.8 Å². The van der Waals surface area contributed by atoms with Gasteiger partial charge in [-0.05, 0) is 43.9 Å². The number of rotatable bonds is 6. The Kier molecular flexibility index (Phi) is 5.38. The molecule has 0 fully saturated rings. The van der Waals surface area contributed by atoms with Gasteiger partial charge >= 0.3 is 5.97 Å². The van der Waals surface area contributed by atoms with Crippen LogP contribution in [0.15, 0.2) is 33.7 Å². The summed E-state index contributed by atoms with van der Waals surface area (Å²) in [5.74, 6) is 0.871. The number of ether oxygens (including phenoxy) is 1. The first-order valence-corrected chi connectivity index (χ1v) is 7.87. The van der Waals surface area contributed by atoms with Crippen LogP contribution in [0.5, 0.6) is 0 Å². The van der Waals surface area contributed by atoms with E-state index in [1.54, 1.807) is 25.6 Å². The zero-order valence-electron chi connectivity index (χ0n) is 12.3. The highest BCUT2D eigenvalue weighted by atomic mass is 32.2. The van der Waals surface area contributed by atoms with E-state index < -0.39 is 5.92 Å². The summed E-state index contributed by atoms with van der Waals surface area (Å²) >= 11 is 1.77. The van der Waals surface area contributed by atoms with Gasteiger partial charge in [0.15, 0.2) is 0 Å². The number of hydrogen-bond donors (Lipinski definition) is 0. The highest BCUT2D eigenvalue weighted by molar-refractivity contribution is 7.99. The summed E-state index contributed by atoms with van der Waals surface area (Å²) < 4.78 is 10.1. The fourth-order valence-electron chi connectivity index (χ4n) is 1.76. The lowest BCUT2D eigenvalue weighted by molar-refractivity contribution is -0.145. The predicted molar refractivity (Wildman–Crippen MR) is 81.2 cm³/mol. The Bertz CT molecular complexity index is 595. The summed E-state index contributed by atoms with van der Waals surface area (Å²) in [6, 6.07) is 7.94. The third kappa shape index (κ3) is 3.85. The maximum atomic E-state index is 11.7. The van der Waals surface area contributed by atoms with Crippen molar-refractivity contribution in [1.29, 1.82) is 0 Å². The lowest BCUT2D eigenvalue weighted by atomic mass is 10.2. The average molecular weight is 306 g/mol. The summed E-state index contributed by atoms with van der Waals surface area (Å²) in [6.07, 6.45) is 0. The van der Waals surface area contributed by atoms with Gasteiger partial charge in [0, 0.05) is 10.5 Å². The molecule has 0 amide bonds. The van der Waals surface area contributed by atoms with Crippen LogP contribution in [0.25, 0.3) is 11.4 Å². The molecular weight excluding hydrogens is 288 g/mol. The lowest BCUT2D eigenvalue weighted by Crippen LogP contribution is -2.13. The van der Waals surface area contributed by atoms with Crippen LogP contribution in [-0.2, 0) is 9.53 Å². The molecule has 1 aromatic heterocycles. The molecule has 0 saturated heterocycles. The molecule has 2 rings (SSSR count). The van der Waals surface area contributed by atoms with Gasteiger partial charge in [0.1, 0.15) is 5.92 Å². The summed E-state index contributed by atoms with van der Waals surface area (Å²) in [7, 11) is 0. The van der Waals surface area contributed by atoms with E-state index in [0.29, 0.717) is 12.4 Å². The molecule has 2 aromatic rings. The van der Waals surface area contributed by atoms with Crippen LogP contribution in [0.4, 0.5) is 0 Å². The Balaban J connectivity index is 2.13. The standard InChI is InChI=1S/C15H18N2O3S/c1-4-19-15(18)10(3)14-16-13(17-20-14)11-6-8-12(9-7-11)21-5-2/h6-10H,4-5H2,1-3H3. The van der Waals surface area contributed by atoms with Crippen molar-refractivity contribution in [1.82, 2.24) is 10.1 Å². The molecule has 0 saturated carbocycles. The molecule has 5 nitrogen and oxygen atoms in total. The zero-order valence-corrected chi connectivity index (χ0v) is 13.1. The molecule has 112 valence electrons. The van der Waals surface area contributed by atoms with Gasteiger partial charge in [-0.2, -0.15) is 4.98 Å². The molecule has 1 unspecified atom stereocenters. The van der Waals surface area contributed by atoms with Crippen LogP contribution in [-0.4, -0.2) is 28.5 Å². The van der Waals surface area contributed by atoms with E-state index in [9.17, 15) is 4.79 Å². The Labute approximate surface area is 128 Å². The molecule has 1 heterocycles. The van der Waals surface area contributed by atoms with Crippen molar-refractivity contribution in [2.75, 3.05) is 12.4 Å². The average Bonchev–Trinajstić information content (AvgIpc) is 2.97. The minimum absolute atomic E-state index is 0.274. The van der Waals surface area contributed by atoms with Gasteiger partial charge in [-0.3, -0.25) is 4.79 Å².